The Bertz CT molecular complexity index is 427. The van der Waals surface area contributed by atoms with Crippen molar-refractivity contribution in [2.45, 2.75) is 18.6 Å². The van der Waals surface area contributed by atoms with E-state index in [4.69, 9.17) is 33.2 Å². The molecular formula is C10H7Cl2NO. The fourth-order valence-electron chi connectivity index (χ4n) is 1.45. The summed E-state index contributed by atoms with van der Waals surface area (Å²) in [5.74, 6) is 0. The maximum atomic E-state index is 8.71. The molecule has 0 radical (unpaired) electrons. The highest BCUT2D eigenvalue weighted by atomic mass is 35.5. The highest BCUT2D eigenvalue weighted by Gasteiger charge is 2.55. The summed E-state index contributed by atoms with van der Waals surface area (Å²) in [5, 5.41) is 9.66. The van der Waals surface area contributed by atoms with E-state index < -0.39 is 11.7 Å². The van der Waals surface area contributed by atoms with E-state index in [0.29, 0.717) is 10.0 Å². The lowest BCUT2D eigenvalue weighted by Gasteiger charge is -2.08. The van der Waals surface area contributed by atoms with Gasteiger partial charge in [-0.15, -0.1) is 0 Å². The molecule has 2 rings (SSSR count). The molecule has 1 fully saturated rings. The predicted molar refractivity (Wildman–Crippen MR) is 54.3 cm³/mol. The van der Waals surface area contributed by atoms with E-state index in [-0.39, 0.29) is 0 Å². The van der Waals surface area contributed by atoms with Gasteiger partial charge in [-0.05, 0) is 13.0 Å². The second-order valence-electron chi connectivity index (χ2n) is 3.34. The Balaban J connectivity index is 2.45. The van der Waals surface area contributed by atoms with Gasteiger partial charge in [0.25, 0.3) is 0 Å². The Morgan fingerprint density at radius 2 is 2.21 bits per heavy atom. The van der Waals surface area contributed by atoms with Crippen LogP contribution in [-0.4, -0.2) is 6.10 Å². The van der Waals surface area contributed by atoms with Crippen molar-refractivity contribution in [3.05, 3.63) is 33.8 Å². The van der Waals surface area contributed by atoms with E-state index in [1.54, 1.807) is 12.1 Å². The topological polar surface area (TPSA) is 36.3 Å². The Hall–Kier alpha value is -0.750. The standard InChI is InChI=1S/C10H7Cl2NO/c1-10(8(5-13)14-10)6-3-2-4-7(11)9(6)12/h2-4,8H,1H3. The van der Waals surface area contributed by atoms with Gasteiger partial charge in [-0.2, -0.15) is 5.26 Å². The van der Waals surface area contributed by atoms with E-state index >= 15 is 0 Å². The average molecular weight is 228 g/mol. The van der Waals surface area contributed by atoms with Gasteiger partial charge >= 0.3 is 0 Å². The molecule has 4 heteroatoms. The summed E-state index contributed by atoms with van der Waals surface area (Å²) in [7, 11) is 0. The number of ether oxygens (including phenoxy) is 1. The number of rotatable bonds is 1. The number of halogens is 2. The molecule has 0 spiro atoms. The molecule has 14 heavy (non-hydrogen) atoms. The first kappa shape index (κ1) is 9.79. The molecule has 1 heterocycles. The fourth-order valence-corrected chi connectivity index (χ4v) is 1.94. The number of hydrogen-bond donors (Lipinski definition) is 0. The molecule has 0 aliphatic carbocycles. The highest BCUT2D eigenvalue weighted by Crippen LogP contribution is 2.49. The first-order valence-electron chi connectivity index (χ1n) is 4.11. The summed E-state index contributed by atoms with van der Waals surface area (Å²) in [6, 6.07) is 7.38. The molecule has 1 aromatic carbocycles. The molecule has 2 atom stereocenters. The zero-order valence-corrected chi connectivity index (χ0v) is 8.93. The van der Waals surface area contributed by atoms with E-state index in [2.05, 4.69) is 6.07 Å². The Morgan fingerprint density at radius 1 is 1.50 bits per heavy atom. The zero-order valence-electron chi connectivity index (χ0n) is 7.42. The number of hydrogen-bond acceptors (Lipinski definition) is 2. The van der Waals surface area contributed by atoms with Crippen LogP contribution in [-0.2, 0) is 10.3 Å². The van der Waals surface area contributed by atoms with E-state index in [1.165, 1.54) is 0 Å². The Labute approximate surface area is 92.0 Å². The van der Waals surface area contributed by atoms with E-state index in [1.807, 2.05) is 13.0 Å². The van der Waals surface area contributed by atoms with Crippen molar-refractivity contribution in [1.82, 2.24) is 0 Å². The second kappa shape index (κ2) is 3.13. The van der Waals surface area contributed by atoms with Crippen LogP contribution >= 0.6 is 23.2 Å². The van der Waals surface area contributed by atoms with Crippen LogP contribution in [0.5, 0.6) is 0 Å². The van der Waals surface area contributed by atoms with Crippen molar-refractivity contribution >= 4 is 23.2 Å². The molecule has 0 aromatic heterocycles. The van der Waals surface area contributed by atoms with Crippen LogP contribution in [0.3, 0.4) is 0 Å². The number of nitrogens with zero attached hydrogens (tertiary/aromatic N) is 1. The normalized spacial score (nSPS) is 29.7. The van der Waals surface area contributed by atoms with Gasteiger partial charge in [0.15, 0.2) is 6.10 Å². The van der Waals surface area contributed by atoms with Crippen molar-refractivity contribution in [1.29, 1.82) is 5.26 Å². The van der Waals surface area contributed by atoms with Crippen LogP contribution < -0.4 is 0 Å². The molecule has 0 N–H and O–H groups in total. The van der Waals surface area contributed by atoms with Gasteiger partial charge in [0.05, 0.1) is 16.1 Å². The van der Waals surface area contributed by atoms with Crippen molar-refractivity contribution in [2.24, 2.45) is 0 Å². The monoisotopic (exact) mass is 227 g/mol. The number of epoxide rings is 1. The molecule has 2 unspecified atom stereocenters. The SMILES string of the molecule is CC1(c2cccc(Cl)c2Cl)OC1C#N. The zero-order chi connectivity index (χ0) is 10.3. The first-order chi connectivity index (χ1) is 6.59. The van der Waals surface area contributed by atoms with Gasteiger partial charge in [0.1, 0.15) is 5.60 Å². The van der Waals surface area contributed by atoms with E-state index in [0.717, 1.165) is 5.56 Å². The summed E-state index contributed by atoms with van der Waals surface area (Å²) in [4.78, 5) is 0. The summed E-state index contributed by atoms with van der Waals surface area (Å²) < 4.78 is 5.27. The minimum atomic E-state index is -0.587. The smallest absolute Gasteiger partial charge is 0.178 e. The molecule has 1 saturated heterocycles. The summed E-state index contributed by atoms with van der Waals surface area (Å²) >= 11 is 11.9. The first-order valence-corrected chi connectivity index (χ1v) is 4.87. The van der Waals surface area contributed by atoms with Crippen molar-refractivity contribution in [3.63, 3.8) is 0 Å². The lowest BCUT2D eigenvalue weighted by molar-refractivity contribution is 0.321. The molecule has 1 aliphatic rings. The molecule has 72 valence electrons. The minimum absolute atomic E-state index is 0.418. The van der Waals surface area contributed by atoms with Gasteiger partial charge in [-0.3, -0.25) is 0 Å². The lowest BCUT2D eigenvalue weighted by Crippen LogP contribution is -2.07. The average Bonchev–Trinajstić information content (AvgIpc) is 2.83. The third-order valence-corrected chi connectivity index (χ3v) is 3.23. The van der Waals surface area contributed by atoms with Crippen LogP contribution in [0.2, 0.25) is 10.0 Å². The van der Waals surface area contributed by atoms with Crippen LogP contribution in [0.1, 0.15) is 12.5 Å². The Morgan fingerprint density at radius 3 is 2.79 bits per heavy atom. The van der Waals surface area contributed by atoms with Crippen LogP contribution in [0.25, 0.3) is 0 Å². The fraction of sp³-hybridized carbons (Fsp3) is 0.300. The third-order valence-electron chi connectivity index (χ3n) is 2.41. The van der Waals surface area contributed by atoms with Gasteiger partial charge in [-0.25, -0.2) is 0 Å². The highest BCUT2D eigenvalue weighted by molar-refractivity contribution is 6.42. The van der Waals surface area contributed by atoms with E-state index in [9.17, 15) is 0 Å². The van der Waals surface area contributed by atoms with Crippen LogP contribution in [0.15, 0.2) is 18.2 Å². The molecular weight excluding hydrogens is 221 g/mol. The summed E-state index contributed by atoms with van der Waals surface area (Å²) in [5.41, 5.74) is 0.190. The van der Waals surface area contributed by atoms with Gasteiger partial charge in [0.2, 0.25) is 0 Å². The maximum Gasteiger partial charge on any atom is 0.178 e. The molecule has 2 nitrogen and oxygen atoms in total. The van der Waals surface area contributed by atoms with Crippen molar-refractivity contribution in [2.75, 3.05) is 0 Å². The number of benzene rings is 1. The van der Waals surface area contributed by atoms with Crippen LogP contribution in [0.4, 0.5) is 0 Å². The van der Waals surface area contributed by atoms with Crippen molar-refractivity contribution < 1.29 is 4.74 Å². The predicted octanol–water partition coefficient (Wildman–Crippen LogP) is 3.13. The molecule has 0 amide bonds. The maximum absolute atomic E-state index is 8.71. The van der Waals surface area contributed by atoms with Gasteiger partial charge < -0.3 is 4.74 Å². The molecule has 1 aromatic rings. The Kier molecular flexibility index (Phi) is 2.19. The summed E-state index contributed by atoms with van der Waals surface area (Å²) in [6.45, 7) is 1.83. The quantitative estimate of drug-likeness (QED) is 0.692. The number of nitriles is 1. The molecule has 0 bridgehead atoms. The van der Waals surface area contributed by atoms with Crippen molar-refractivity contribution in [3.8, 4) is 6.07 Å². The molecule has 1 aliphatic heterocycles. The van der Waals surface area contributed by atoms with Crippen LogP contribution in [0, 0.1) is 11.3 Å². The van der Waals surface area contributed by atoms with Gasteiger partial charge in [0, 0.05) is 5.56 Å². The largest absolute Gasteiger partial charge is 0.345 e. The summed E-state index contributed by atoms with van der Waals surface area (Å²) in [6.07, 6.45) is -0.418. The third kappa shape index (κ3) is 1.29. The lowest BCUT2D eigenvalue weighted by atomic mass is 9.98. The van der Waals surface area contributed by atoms with Gasteiger partial charge in [-0.1, -0.05) is 35.3 Å². The second-order valence-corrected chi connectivity index (χ2v) is 4.12. The minimum Gasteiger partial charge on any atom is -0.345 e. The molecule has 0 saturated carbocycles.